The van der Waals surface area contributed by atoms with Gasteiger partial charge in [-0.15, -0.1) is 0 Å². The van der Waals surface area contributed by atoms with E-state index in [0.717, 1.165) is 0 Å². The van der Waals surface area contributed by atoms with Crippen molar-refractivity contribution >= 4 is 11.8 Å². The first-order valence-corrected chi connectivity index (χ1v) is 5.73. The molecule has 3 nitrogen and oxygen atoms in total. The number of halogens is 3. The van der Waals surface area contributed by atoms with Gasteiger partial charge in [-0.1, -0.05) is 0 Å². The van der Waals surface area contributed by atoms with Gasteiger partial charge in [0.15, 0.2) is 6.10 Å². The zero-order valence-corrected chi connectivity index (χ0v) is 9.40. The summed E-state index contributed by atoms with van der Waals surface area (Å²) in [4.78, 5) is 0. The molecule has 0 amide bonds. The fraction of sp³-hybridized carbons (Fsp3) is 1.00. The molecule has 0 aromatic heterocycles. The van der Waals surface area contributed by atoms with Gasteiger partial charge in [-0.05, 0) is 13.2 Å². The third kappa shape index (κ3) is 5.60. The summed E-state index contributed by atoms with van der Waals surface area (Å²) in [5, 5.41) is 19.9. The minimum Gasteiger partial charge on any atom is -0.395 e. The molecular weight excluding hydrogens is 231 g/mol. The molecule has 0 aromatic carbocycles. The maximum absolute atomic E-state index is 11.9. The van der Waals surface area contributed by atoms with Crippen LogP contribution in [0.2, 0.25) is 0 Å². The van der Waals surface area contributed by atoms with Crippen LogP contribution in [0.5, 0.6) is 0 Å². The summed E-state index contributed by atoms with van der Waals surface area (Å²) in [6.07, 6.45) is -5.19. The molecule has 3 atom stereocenters. The summed E-state index contributed by atoms with van der Waals surface area (Å²) in [6.45, 7) is 1.000. The third-order valence-electron chi connectivity index (χ3n) is 2.05. The summed E-state index contributed by atoms with van der Waals surface area (Å²) in [5.41, 5.74) is 0. The lowest BCUT2D eigenvalue weighted by molar-refractivity contribution is -0.202. The van der Waals surface area contributed by atoms with Crippen molar-refractivity contribution in [1.82, 2.24) is 5.32 Å². The summed E-state index contributed by atoms with van der Waals surface area (Å²) >= 11 is 1.36. The fourth-order valence-electron chi connectivity index (χ4n) is 0.981. The smallest absolute Gasteiger partial charge is 0.395 e. The van der Waals surface area contributed by atoms with Crippen molar-refractivity contribution in [2.24, 2.45) is 0 Å². The van der Waals surface area contributed by atoms with Gasteiger partial charge in [0.05, 0.1) is 6.61 Å². The highest BCUT2D eigenvalue weighted by molar-refractivity contribution is 7.99. The molecule has 0 fully saturated rings. The first-order chi connectivity index (χ1) is 6.82. The largest absolute Gasteiger partial charge is 0.415 e. The van der Waals surface area contributed by atoms with E-state index in [-0.39, 0.29) is 17.9 Å². The zero-order valence-electron chi connectivity index (χ0n) is 8.58. The number of hydrogen-bond acceptors (Lipinski definition) is 4. The molecule has 15 heavy (non-hydrogen) atoms. The number of alkyl halides is 3. The third-order valence-corrected chi connectivity index (χ3v) is 3.21. The van der Waals surface area contributed by atoms with E-state index >= 15 is 0 Å². The van der Waals surface area contributed by atoms with E-state index < -0.39 is 18.8 Å². The van der Waals surface area contributed by atoms with Crippen LogP contribution in [0.25, 0.3) is 0 Å². The van der Waals surface area contributed by atoms with Crippen molar-refractivity contribution in [3.63, 3.8) is 0 Å². The topological polar surface area (TPSA) is 52.5 Å². The Bertz CT molecular complexity index is 176. The van der Waals surface area contributed by atoms with Gasteiger partial charge >= 0.3 is 6.18 Å². The Hall–Kier alpha value is 0.0200. The van der Waals surface area contributed by atoms with E-state index in [2.05, 4.69) is 5.32 Å². The van der Waals surface area contributed by atoms with Crippen LogP contribution in [-0.2, 0) is 0 Å². The first-order valence-electron chi connectivity index (χ1n) is 4.44. The zero-order chi connectivity index (χ0) is 12.1. The maximum atomic E-state index is 11.9. The monoisotopic (exact) mass is 247 g/mol. The molecule has 0 radical (unpaired) electrons. The summed E-state index contributed by atoms with van der Waals surface area (Å²) in [6, 6.07) is -0.290. The predicted octanol–water partition coefficient (Wildman–Crippen LogP) is 0.612. The van der Waals surface area contributed by atoms with Crippen LogP contribution in [0.1, 0.15) is 6.92 Å². The van der Waals surface area contributed by atoms with Crippen LogP contribution < -0.4 is 5.32 Å². The summed E-state index contributed by atoms with van der Waals surface area (Å²) in [5.74, 6) is 0. The minimum atomic E-state index is -4.60. The minimum absolute atomic E-state index is 0.114. The first kappa shape index (κ1) is 15.0. The molecule has 0 bridgehead atoms. The van der Waals surface area contributed by atoms with Crippen LogP contribution in [0.3, 0.4) is 0 Å². The maximum Gasteiger partial charge on any atom is 0.415 e. The molecule has 3 unspecified atom stereocenters. The molecular formula is C8H16F3NO2S. The second-order valence-corrected chi connectivity index (χ2v) is 4.29. The van der Waals surface area contributed by atoms with E-state index in [1.807, 2.05) is 0 Å². The SMILES string of the molecule is CSC(CO)C(C)NCC(O)C(F)(F)F. The highest BCUT2D eigenvalue weighted by Crippen LogP contribution is 2.19. The molecule has 0 saturated heterocycles. The van der Waals surface area contributed by atoms with E-state index in [1.54, 1.807) is 13.2 Å². The van der Waals surface area contributed by atoms with Gasteiger partial charge in [-0.3, -0.25) is 0 Å². The Balaban J connectivity index is 3.94. The molecule has 0 spiro atoms. The standard InChI is InChI=1S/C8H16F3NO2S/c1-5(6(4-13)15-2)12-3-7(14)8(9,10)11/h5-7,12-14H,3-4H2,1-2H3. The van der Waals surface area contributed by atoms with E-state index in [9.17, 15) is 13.2 Å². The van der Waals surface area contributed by atoms with Gasteiger partial charge in [0, 0.05) is 17.8 Å². The van der Waals surface area contributed by atoms with Crippen molar-refractivity contribution in [1.29, 1.82) is 0 Å². The Morgan fingerprint density at radius 3 is 2.27 bits per heavy atom. The van der Waals surface area contributed by atoms with Gasteiger partial charge in [0.2, 0.25) is 0 Å². The summed E-state index contributed by atoms with van der Waals surface area (Å²) in [7, 11) is 0. The van der Waals surface area contributed by atoms with Crippen molar-refractivity contribution in [3.05, 3.63) is 0 Å². The highest BCUT2D eigenvalue weighted by atomic mass is 32.2. The average molecular weight is 247 g/mol. The number of aliphatic hydroxyl groups excluding tert-OH is 2. The number of nitrogens with one attached hydrogen (secondary N) is 1. The molecule has 0 aliphatic rings. The van der Waals surface area contributed by atoms with Crippen molar-refractivity contribution < 1.29 is 23.4 Å². The summed E-state index contributed by atoms with van der Waals surface area (Å²) < 4.78 is 35.8. The molecule has 0 aliphatic heterocycles. The lowest BCUT2D eigenvalue weighted by Crippen LogP contribution is -2.45. The van der Waals surface area contributed by atoms with Gasteiger partial charge in [-0.2, -0.15) is 24.9 Å². The Kier molecular flexibility index (Phi) is 6.58. The van der Waals surface area contributed by atoms with Gasteiger partial charge in [0.25, 0.3) is 0 Å². The van der Waals surface area contributed by atoms with Crippen molar-refractivity contribution in [2.45, 2.75) is 30.5 Å². The predicted molar refractivity (Wildman–Crippen MR) is 53.9 cm³/mol. The van der Waals surface area contributed by atoms with Crippen molar-refractivity contribution in [3.8, 4) is 0 Å². The van der Waals surface area contributed by atoms with Crippen LogP contribution in [0.4, 0.5) is 13.2 Å². The molecule has 0 aromatic rings. The highest BCUT2D eigenvalue weighted by Gasteiger charge is 2.38. The molecule has 7 heteroatoms. The number of rotatable bonds is 6. The van der Waals surface area contributed by atoms with Crippen molar-refractivity contribution in [2.75, 3.05) is 19.4 Å². The molecule has 0 aliphatic carbocycles. The van der Waals surface area contributed by atoms with E-state index in [4.69, 9.17) is 10.2 Å². The van der Waals surface area contributed by atoms with Gasteiger partial charge in [0.1, 0.15) is 0 Å². The molecule has 0 heterocycles. The van der Waals surface area contributed by atoms with Crippen LogP contribution in [0, 0.1) is 0 Å². The van der Waals surface area contributed by atoms with Gasteiger partial charge < -0.3 is 15.5 Å². The quantitative estimate of drug-likeness (QED) is 0.644. The Labute approximate surface area is 91.1 Å². The Morgan fingerprint density at radius 2 is 1.93 bits per heavy atom. The average Bonchev–Trinajstić information content (AvgIpc) is 2.14. The lowest BCUT2D eigenvalue weighted by atomic mass is 10.2. The van der Waals surface area contributed by atoms with E-state index in [1.165, 1.54) is 11.8 Å². The lowest BCUT2D eigenvalue weighted by Gasteiger charge is -2.23. The van der Waals surface area contributed by atoms with E-state index in [0.29, 0.717) is 0 Å². The molecule has 0 saturated carbocycles. The molecule has 3 N–H and O–H groups in total. The van der Waals surface area contributed by atoms with Crippen LogP contribution in [0.15, 0.2) is 0 Å². The second kappa shape index (κ2) is 6.57. The van der Waals surface area contributed by atoms with Gasteiger partial charge in [-0.25, -0.2) is 0 Å². The number of thioether (sulfide) groups is 1. The second-order valence-electron chi connectivity index (χ2n) is 3.21. The molecule has 0 rings (SSSR count). The Morgan fingerprint density at radius 1 is 1.40 bits per heavy atom. The van der Waals surface area contributed by atoms with Crippen LogP contribution >= 0.6 is 11.8 Å². The fourth-order valence-corrected chi connectivity index (χ4v) is 1.64. The normalized spacial score (nSPS) is 18.6. The number of hydrogen-bond donors (Lipinski definition) is 3. The van der Waals surface area contributed by atoms with Crippen LogP contribution in [-0.4, -0.2) is 53.2 Å². The number of aliphatic hydroxyl groups is 2. The molecule has 92 valence electrons.